The van der Waals surface area contributed by atoms with Crippen molar-refractivity contribution in [1.82, 2.24) is 0 Å². The second-order valence-electron chi connectivity index (χ2n) is 7.24. The molecular weight excluding hydrogens is 388 g/mol. The van der Waals surface area contributed by atoms with Crippen molar-refractivity contribution in [1.29, 1.82) is 0 Å². The normalized spacial score (nSPS) is 40.6. The van der Waals surface area contributed by atoms with Gasteiger partial charge in [-0.1, -0.05) is 30.3 Å². The summed E-state index contributed by atoms with van der Waals surface area (Å²) in [6.07, 6.45) is -13.2. The van der Waals surface area contributed by atoms with E-state index in [2.05, 4.69) is 0 Å². The van der Waals surface area contributed by atoms with E-state index in [0.717, 1.165) is 0 Å². The van der Waals surface area contributed by atoms with E-state index in [-0.39, 0.29) is 13.0 Å². The van der Waals surface area contributed by atoms with E-state index in [0.29, 0.717) is 5.56 Å². The van der Waals surface area contributed by atoms with Crippen LogP contribution in [0, 0.1) is 0 Å². The van der Waals surface area contributed by atoms with Crippen LogP contribution in [0.4, 0.5) is 0 Å². The molecule has 2 aliphatic heterocycles. The van der Waals surface area contributed by atoms with E-state index in [1.54, 1.807) is 30.3 Å². The highest BCUT2D eigenvalue weighted by Gasteiger charge is 2.49. The summed E-state index contributed by atoms with van der Waals surface area (Å²) in [7, 11) is 0. The lowest BCUT2D eigenvalue weighted by Crippen LogP contribution is -2.63. The SMILES string of the molecule is O=C(Cc1ccccc1)[C@H]1O[C@@H](O[C@@H]2CO[C@H](CO)[C@@H](O)[C@@H]2O)[C@@H](O)[C@H](O)[C@@H]1O. The number of hydrogen-bond acceptors (Lipinski definition) is 10. The minimum Gasteiger partial charge on any atom is -0.394 e. The van der Waals surface area contributed by atoms with Gasteiger partial charge in [-0.3, -0.25) is 4.79 Å². The Morgan fingerprint density at radius 3 is 2.31 bits per heavy atom. The molecule has 2 saturated heterocycles. The molecule has 29 heavy (non-hydrogen) atoms. The number of ketones is 1. The van der Waals surface area contributed by atoms with Gasteiger partial charge in [-0.25, -0.2) is 0 Å². The third-order valence-electron chi connectivity index (χ3n) is 5.18. The van der Waals surface area contributed by atoms with Gasteiger partial charge in [0.05, 0.1) is 13.2 Å². The monoisotopic (exact) mass is 414 g/mol. The summed E-state index contributed by atoms with van der Waals surface area (Å²) in [5.41, 5.74) is 0.681. The molecule has 1 aromatic rings. The van der Waals surface area contributed by atoms with Crippen molar-refractivity contribution >= 4 is 5.78 Å². The topological polar surface area (TPSA) is 166 Å². The summed E-state index contributed by atoms with van der Waals surface area (Å²) in [5, 5.41) is 59.7. The zero-order valence-corrected chi connectivity index (χ0v) is 15.5. The maximum atomic E-state index is 12.6. The molecule has 0 unspecified atom stereocenters. The Kier molecular flexibility index (Phi) is 7.32. The molecule has 6 N–H and O–H groups in total. The highest BCUT2D eigenvalue weighted by atomic mass is 16.7. The smallest absolute Gasteiger partial charge is 0.187 e. The van der Waals surface area contributed by atoms with Crippen molar-refractivity contribution in [3.63, 3.8) is 0 Å². The molecule has 2 fully saturated rings. The van der Waals surface area contributed by atoms with E-state index in [9.17, 15) is 30.3 Å². The van der Waals surface area contributed by atoms with Crippen LogP contribution < -0.4 is 0 Å². The lowest BCUT2D eigenvalue weighted by atomic mass is 9.93. The molecule has 0 saturated carbocycles. The number of ether oxygens (including phenoxy) is 3. The van der Waals surface area contributed by atoms with Gasteiger partial charge in [0.2, 0.25) is 0 Å². The van der Waals surface area contributed by atoms with Gasteiger partial charge in [-0.15, -0.1) is 0 Å². The number of aliphatic hydroxyl groups is 6. The average Bonchev–Trinajstić information content (AvgIpc) is 2.72. The van der Waals surface area contributed by atoms with Crippen molar-refractivity contribution in [2.45, 2.75) is 61.5 Å². The van der Waals surface area contributed by atoms with E-state index in [4.69, 9.17) is 19.3 Å². The molecule has 2 heterocycles. The summed E-state index contributed by atoms with van der Waals surface area (Å²) >= 11 is 0. The van der Waals surface area contributed by atoms with Crippen LogP contribution in [0.15, 0.2) is 30.3 Å². The first-order valence-electron chi connectivity index (χ1n) is 9.33. The van der Waals surface area contributed by atoms with Crippen LogP contribution in [0.25, 0.3) is 0 Å². The Labute approximate surface area is 166 Å². The van der Waals surface area contributed by atoms with Gasteiger partial charge < -0.3 is 44.8 Å². The second kappa shape index (κ2) is 9.56. The van der Waals surface area contributed by atoms with E-state index in [1.807, 2.05) is 0 Å². The van der Waals surface area contributed by atoms with Gasteiger partial charge in [0, 0.05) is 6.42 Å². The Hall–Kier alpha value is -1.47. The molecule has 0 radical (unpaired) electrons. The second-order valence-corrected chi connectivity index (χ2v) is 7.24. The molecule has 0 amide bonds. The zero-order valence-electron chi connectivity index (χ0n) is 15.5. The van der Waals surface area contributed by atoms with Crippen LogP contribution in [0.5, 0.6) is 0 Å². The molecular formula is C19H26O10. The lowest BCUT2D eigenvalue weighted by molar-refractivity contribution is -0.323. The van der Waals surface area contributed by atoms with E-state index >= 15 is 0 Å². The van der Waals surface area contributed by atoms with Gasteiger partial charge in [-0.2, -0.15) is 0 Å². The van der Waals surface area contributed by atoms with Crippen LogP contribution in [0.1, 0.15) is 5.56 Å². The number of aliphatic hydroxyl groups excluding tert-OH is 6. The predicted octanol–water partition coefficient (Wildman–Crippen LogP) is -2.90. The van der Waals surface area contributed by atoms with Crippen molar-refractivity contribution < 1.29 is 49.6 Å². The summed E-state index contributed by atoms with van der Waals surface area (Å²) in [5.74, 6) is -0.524. The molecule has 0 aliphatic carbocycles. The fourth-order valence-corrected chi connectivity index (χ4v) is 3.43. The van der Waals surface area contributed by atoms with Gasteiger partial charge in [0.15, 0.2) is 12.1 Å². The zero-order chi connectivity index (χ0) is 21.1. The van der Waals surface area contributed by atoms with Crippen LogP contribution in [0.2, 0.25) is 0 Å². The molecule has 0 spiro atoms. The maximum Gasteiger partial charge on any atom is 0.187 e. The summed E-state index contributed by atoms with van der Waals surface area (Å²) < 4.78 is 16.1. The maximum absolute atomic E-state index is 12.6. The molecule has 10 nitrogen and oxygen atoms in total. The lowest BCUT2D eigenvalue weighted by Gasteiger charge is -2.43. The number of carbonyl (C=O) groups excluding carboxylic acids is 1. The Morgan fingerprint density at radius 2 is 1.66 bits per heavy atom. The molecule has 162 valence electrons. The van der Waals surface area contributed by atoms with Crippen molar-refractivity contribution in [3.05, 3.63) is 35.9 Å². The minimum atomic E-state index is -1.73. The Morgan fingerprint density at radius 1 is 0.966 bits per heavy atom. The van der Waals surface area contributed by atoms with Gasteiger partial charge >= 0.3 is 0 Å². The highest BCUT2D eigenvalue weighted by Crippen LogP contribution is 2.27. The molecule has 10 heteroatoms. The first kappa shape index (κ1) is 22.2. The van der Waals surface area contributed by atoms with Gasteiger partial charge in [0.25, 0.3) is 0 Å². The average molecular weight is 414 g/mol. The summed E-state index contributed by atoms with van der Waals surface area (Å²) in [6, 6.07) is 8.74. The van der Waals surface area contributed by atoms with E-state index in [1.165, 1.54) is 0 Å². The van der Waals surface area contributed by atoms with E-state index < -0.39 is 67.5 Å². The van der Waals surface area contributed by atoms with Crippen LogP contribution in [-0.2, 0) is 25.4 Å². The number of hydrogen-bond donors (Lipinski definition) is 6. The third-order valence-corrected chi connectivity index (χ3v) is 5.18. The molecule has 3 rings (SSSR count). The van der Waals surface area contributed by atoms with Crippen LogP contribution >= 0.6 is 0 Å². The Bertz CT molecular complexity index is 670. The fourth-order valence-electron chi connectivity index (χ4n) is 3.43. The Balaban J connectivity index is 1.68. The molecule has 1 aromatic carbocycles. The van der Waals surface area contributed by atoms with Crippen molar-refractivity contribution in [2.24, 2.45) is 0 Å². The molecule has 2 aliphatic rings. The number of Topliss-reactive ketones (excluding diaryl/α,β-unsaturated/α-hetero) is 1. The third kappa shape index (κ3) is 4.82. The number of benzene rings is 1. The standard InChI is InChI=1S/C19H26O10/c20-7-11-13(22)14(23)12(8-27-11)28-19-17(26)15(24)16(25)18(29-19)10(21)6-9-4-2-1-3-5-9/h1-5,11-20,22-26H,6-8H2/t11-,12-,13-,14-,15-,16+,17+,18-,19-/m1/s1. The largest absolute Gasteiger partial charge is 0.394 e. The fraction of sp³-hybridized carbons (Fsp3) is 0.632. The van der Waals surface area contributed by atoms with Gasteiger partial charge in [-0.05, 0) is 5.56 Å². The molecule has 0 aromatic heterocycles. The van der Waals surface area contributed by atoms with Crippen LogP contribution in [-0.4, -0.2) is 105 Å². The molecule has 0 bridgehead atoms. The van der Waals surface area contributed by atoms with Crippen molar-refractivity contribution in [2.75, 3.05) is 13.2 Å². The first-order chi connectivity index (χ1) is 13.8. The van der Waals surface area contributed by atoms with Gasteiger partial charge in [0.1, 0.15) is 48.8 Å². The number of rotatable bonds is 6. The van der Waals surface area contributed by atoms with Crippen LogP contribution in [0.3, 0.4) is 0 Å². The molecule has 9 atom stereocenters. The summed E-state index contributed by atoms with van der Waals surface area (Å²) in [4.78, 5) is 12.6. The predicted molar refractivity (Wildman–Crippen MR) is 95.5 cm³/mol. The number of carbonyl (C=O) groups is 1. The van der Waals surface area contributed by atoms with Crippen molar-refractivity contribution in [3.8, 4) is 0 Å². The quantitative estimate of drug-likeness (QED) is 0.284. The summed E-state index contributed by atoms with van der Waals surface area (Å²) in [6.45, 7) is -0.730. The highest BCUT2D eigenvalue weighted by molar-refractivity contribution is 5.86. The minimum absolute atomic E-state index is 0.0653. The first-order valence-corrected chi connectivity index (χ1v) is 9.33.